The molecule has 1 aliphatic heterocycles. The van der Waals surface area contributed by atoms with Crippen molar-refractivity contribution in [2.75, 3.05) is 13.1 Å². The van der Waals surface area contributed by atoms with Gasteiger partial charge < -0.3 is 4.90 Å². The summed E-state index contributed by atoms with van der Waals surface area (Å²) in [7, 11) is 0. The highest BCUT2D eigenvalue weighted by atomic mass is 16.2. The van der Waals surface area contributed by atoms with Crippen molar-refractivity contribution in [2.45, 2.75) is 6.92 Å². The summed E-state index contributed by atoms with van der Waals surface area (Å²) in [4.78, 5) is 12.2. The Morgan fingerprint density at radius 2 is 2.33 bits per heavy atom. The lowest BCUT2D eigenvalue weighted by Gasteiger charge is -2.34. The first kappa shape index (κ1) is 6.09. The average Bonchev–Trinajstić information content (AvgIpc) is 1.61. The number of nitriles is 1. The Labute approximate surface area is 53.9 Å². The van der Waals surface area contributed by atoms with Crippen LogP contribution in [0, 0.1) is 17.2 Å². The molecule has 1 rings (SSSR count). The van der Waals surface area contributed by atoms with Crippen molar-refractivity contribution < 1.29 is 4.79 Å². The van der Waals surface area contributed by atoms with Crippen LogP contribution in [-0.2, 0) is 4.79 Å². The molecule has 0 N–H and O–H groups in total. The molecule has 0 aromatic rings. The largest absolute Gasteiger partial charge is 0.340 e. The van der Waals surface area contributed by atoms with Crippen LogP contribution in [0.4, 0.5) is 0 Å². The second-order valence-electron chi connectivity index (χ2n) is 2.25. The summed E-state index contributed by atoms with van der Waals surface area (Å²) < 4.78 is 0. The summed E-state index contributed by atoms with van der Waals surface area (Å²) in [6.07, 6.45) is 0. The van der Waals surface area contributed by atoms with Gasteiger partial charge in [0.05, 0.1) is 12.0 Å². The lowest BCUT2D eigenvalue weighted by molar-refractivity contribution is -0.133. The van der Waals surface area contributed by atoms with Gasteiger partial charge in [-0.05, 0) is 0 Å². The summed E-state index contributed by atoms with van der Waals surface area (Å²) in [5.74, 6) is 0.162. The normalized spacial score (nSPS) is 18.4. The zero-order valence-corrected chi connectivity index (χ0v) is 5.29. The second-order valence-corrected chi connectivity index (χ2v) is 2.25. The quantitative estimate of drug-likeness (QED) is 0.456. The fraction of sp³-hybridized carbons (Fsp3) is 0.667. The predicted octanol–water partition coefficient (Wildman–Crippen LogP) is -0.0117. The molecular formula is C6H8N2O. The highest BCUT2D eigenvalue weighted by Gasteiger charge is 2.27. The third-order valence-electron chi connectivity index (χ3n) is 1.51. The first-order chi connectivity index (χ1) is 4.24. The Kier molecular flexibility index (Phi) is 1.39. The monoisotopic (exact) mass is 124 g/mol. The minimum Gasteiger partial charge on any atom is -0.340 e. The fourth-order valence-electron chi connectivity index (χ4n) is 0.817. The van der Waals surface area contributed by atoms with Gasteiger partial charge >= 0.3 is 0 Å². The summed E-state index contributed by atoms with van der Waals surface area (Å²) in [5.41, 5.74) is 0. The van der Waals surface area contributed by atoms with E-state index < -0.39 is 0 Å². The highest BCUT2D eigenvalue weighted by molar-refractivity contribution is 5.74. The smallest absolute Gasteiger partial charge is 0.219 e. The van der Waals surface area contributed by atoms with Crippen molar-refractivity contribution in [1.29, 1.82) is 5.26 Å². The molecule has 1 fully saturated rings. The molecule has 0 aromatic carbocycles. The fourth-order valence-corrected chi connectivity index (χ4v) is 0.817. The molecule has 3 heteroatoms. The van der Waals surface area contributed by atoms with Gasteiger partial charge in [0.25, 0.3) is 0 Å². The van der Waals surface area contributed by atoms with Crippen molar-refractivity contribution in [3.8, 4) is 6.07 Å². The van der Waals surface area contributed by atoms with Crippen molar-refractivity contribution in [3.05, 3.63) is 0 Å². The van der Waals surface area contributed by atoms with Crippen LogP contribution in [0.5, 0.6) is 0 Å². The van der Waals surface area contributed by atoms with Gasteiger partial charge in [-0.2, -0.15) is 5.26 Å². The maximum Gasteiger partial charge on any atom is 0.219 e. The van der Waals surface area contributed by atoms with Crippen LogP contribution in [0.1, 0.15) is 6.92 Å². The lowest BCUT2D eigenvalue weighted by atomic mass is 10.0. The number of rotatable bonds is 0. The maximum atomic E-state index is 10.5. The van der Waals surface area contributed by atoms with Crippen molar-refractivity contribution in [2.24, 2.45) is 5.92 Å². The molecule has 48 valence electrons. The van der Waals surface area contributed by atoms with E-state index in [-0.39, 0.29) is 11.8 Å². The third-order valence-corrected chi connectivity index (χ3v) is 1.51. The Bertz CT molecular complexity index is 164. The number of carbonyl (C=O) groups is 1. The summed E-state index contributed by atoms with van der Waals surface area (Å²) >= 11 is 0. The topological polar surface area (TPSA) is 44.1 Å². The van der Waals surface area contributed by atoms with Crippen LogP contribution in [0.3, 0.4) is 0 Å². The van der Waals surface area contributed by atoms with Crippen LogP contribution < -0.4 is 0 Å². The number of nitrogens with zero attached hydrogens (tertiary/aromatic N) is 2. The third kappa shape index (κ3) is 1.02. The standard InChI is InChI=1S/C6H8N2O/c1-5(9)8-3-6(2-7)4-8/h6H,3-4H2,1H3. The van der Waals surface area contributed by atoms with Gasteiger partial charge in [-0.3, -0.25) is 4.79 Å². The molecular weight excluding hydrogens is 116 g/mol. The molecule has 0 aromatic heterocycles. The van der Waals surface area contributed by atoms with Crippen molar-refractivity contribution >= 4 is 5.91 Å². The van der Waals surface area contributed by atoms with Crippen molar-refractivity contribution in [1.82, 2.24) is 4.90 Å². The molecule has 0 spiro atoms. The number of amides is 1. The average molecular weight is 124 g/mol. The Hall–Kier alpha value is -1.04. The van der Waals surface area contributed by atoms with Crippen LogP contribution in [0.15, 0.2) is 0 Å². The van der Waals surface area contributed by atoms with E-state index in [1.807, 2.05) is 0 Å². The number of hydrogen-bond donors (Lipinski definition) is 0. The summed E-state index contributed by atoms with van der Waals surface area (Å²) in [5, 5.41) is 8.30. The molecule has 0 unspecified atom stereocenters. The molecule has 9 heavy (non-hydrogen) atoms. The maximum absolute atomic E-state index is 10.5. The predicted molar refractivity (Wildman–Crippen MR) is 31.4 cm³/mol. The van der Waals surface area contributed by atoms with Gasteiger partial charge in [0.2, 0.25) is 5.91 Å². The van der Waals surface area contributed by atoms with E-state index in [0.29, 0.717) is 13.1 Å². The summed E-state index contributed by atoms with van der Waals surface area (Å²) in [6.45, 7) is 2.78. The molecule has 0 radical (unpaired) electrons. The zero-order chi connectivity index (χ0) is 6.85. The van der Waals surface area contributed by atoms with Crippen LogP contribution in [0.25, 0.3) is 0 Å². The van der Waals surface area contributed by atoms with E-state index in [1.165, 1.54) is 6.92 Å². The van der Waals surface area contributed by atoms with Crippen LogP contribution >= 0.6 is 0 Å². The Morgan fingerprint density at radius 3 is 2.67 bits per heavy atom. The minimum absolute atomic E-state index is 0.0708. The molecule has 0 bridgehead atoms. The number of likely N-dealkylation sites (tertiary alicyclic amines) is 1. The Morgan fingerprint density at radius 1 is 1.78 bits per heavy atom. The first-order valence-electron chi connectivity index (χ1n) is 2.89. The molecule has 1 heterocycles. The number of hydrogen-bond acceptors (Lipinski definition) is 2. The van der Waals surface area contributed by atoms with Crippen LogP contribution in [-0.4, -0.2) is 23.9 Å². The molecule has 3 nitrogen and oxygen atoms in total. The molecule has 0 aliphatic carbocycles. The lowest BCUT2D eigenvalue weighted by Crippen LogP contribution is -2.48. The first-order valence-corrected chi connectivity index (χ1v) is 2.89. The Balaban J connectivity index is 2.29. The van der Waals surface area contributed by atoms with Gasteiger partial charge in [0.15, 0.2) is 0 Å². The molecule has 0 saturated carbocycles. The van der Waals surface area contributed by atoms with E-state index >= 15 is 0 Å². The van der Waals surface area contributed by atoms with Crippen molar-refractivity contribution in [3.63, 3.8) is 0 Å². The molecule has 0 atom stereocenters. The van der Waals surface area contributed by atoms with E-state index in [2.05, 4.69) is 6.07 Å². The molecule has 1 saturated heterocycles. The van der Waals surface area contributed by atoms with E-state index in [9.17, 15) is 4.79 Å². The number of carbonyl (C=O) groups excluding carboxylic acids is 1. The zero-order valence-electron chi connectivity index (χ0n) is 5.29. The van der Waals surface area contributed by atoms with Gasteiger partial charge in [0, 0.05) is 20.0 Å². The van der Waals surface area contributed by atoms with Gasteiger partial charge in [-0.25, -0.2) is 0 Å². The summed E-state index contributed by atoms with van der Waals surface area (Å²) in [6, 6.07) is 2.09. The van der Waals surface area contributed by atoms with Gasteiger partial charge in [-0.15, -0.1) is 0 Å². The van der Waals surface area contributed by atoms with Crippen LogP contribution in [0.2, 0.25) is 0 Å². The molecule has 1 aliphatic rings. The second kappa shape index (κ2) is 2.06. The highest BCUT2D eigenvalue weighted by Crippen LogP contribution is 2.13. The van der Waals surface area contributed by atoms with Gasteiger partial charge in [-0.1, -0.05) is 0 Å². The minimum atomic E-state index is 0.0708. The van der Waals surface area contributed by atoms with Gasteiger partial charge in [0.1, 0.15) is 0 Å². The van der Waals surface area contributed by atoms with E-state index in [4.69, 9.17) is 5.26 Å². The SMILES string of the molecule is CC(=O)N1CC(C#N)C1. The molecule has 1 amide bonds. The van der Waals surface area contributed by atoms with E-state index in [1.54, 1.807) is 4.90 Å². The van der Waals surface area contributed by atoms with E-state index in [0.717, 1.165) is 0 Å².